The van der Waals surface area contributed by atoms with Gasteiger partial charge in [0.15, 0.2) is 0 Å². The molecule has 2 rings (SSSR count). The van der Waals surface area contributed by atoms with Gasteiger partial charge in [-0.15, -0.1) is 0 Å². The molecule has 0 spiro atoms. The van der Waals surface area contributed by atoms with E-state index in [1.165, 1.54) is 37.7 Å². The summed E-state index contributed by atoms with van der Waals surface area (Å²) < 4.78 is 5.39. The molecule has 0 aromatic rings. The van der Waals surface area contributed by atoms with Gasteiger partial charge < -0.3 is 10.5 Å². The molecule has 1 aliphatic carbocycles. The van der Waals surface area contributed by atoms with E-state index in [-0.39, 0.29) is 6.04 Å². The van der Waals surface area contributed by atoms with Crippen LogP contribution in [0.3, 0.4) is 0 Å². The van der Waals surface area contributed by atoms with Crippen LogP contribution in [-0.2, 0) is 4.74 Å². The second-order valence-corrected chi connectivity index (χ2v) is 4.53. The first-order valence-corrected chi connectivity index (χ1v) is 5.90. The first-order valence-electron chi connectivity index (χ1n) is 5.90. The predicted molar refractivity (Wildman–Crippen MR) is 58.1 cm³/mol. The van der Waals surface area contributed by atoms with Crippen LogP contribution in [-0.4, -0.2) is 19.3 Å². The third-order valence-electron chi connectivity index (χ3n) is 3.48. The molecule has 1 saturated heterocycles. The molecule has 0 radical (unpaired) electrons. The van der Waals surface area contributed by atoms with Gasteiger partial charge in [0.25, 0.3) is 0 Å². The van der Waals surface area contributed by atoms with Gasteiger partial charge in [-0.1, -0.05) is 18.1 Å². The van der Waals surface area contributed by atoms with Crippen molar-refractivity contribution in [3.63, 3.8) is 0 Å². The van der Waals surface area contributed by atoms with E-state index < -0.39 is 0 Å². The van der Waals surface area contributed by atoms with E-state index in [2.05, 4.69) is 6.08 Å². The molecule has 2 N–H and O–H groups in total. The fourth-order valence-electron chi connectivity index (χ4n) is 2.48. The van der Waals surface area contributed by atoms with E-state index in [4.69, 9.17) is 10.5 Å². The fourth-order valence-corrected chi connectivity index (χ4v) is 2.48. The maximum atomic E-state index is 6.27. The SMILES string of the molecule is NC(C1=CCCCCC1)C1CCOC1. The lowest BCUT2D eigenvalue weighted by molar-refractivity contribution is 0.182. The van der Waals surface area contributed by atoms with E-state index in [9.17, 15) is 0 Å². The number of nitrogens with two attached hydrogens (primary N) is 1. The van der Waals surface area contributed by atoms with Crippen molar-refractivity contribution in [3.05, 3.63) is 11.6 Å². The quantitative estimate of drug-likeness (QED) is 0.686. The summed E-state index contributed by atoms with van der Waals surface area (Å²) in [5.41, 5.74) is 7.77. The van der Waals surface area contributed by atoms with Crippen LogP contribution in [0.2, 0.25) is 0 Å². The van der Waals surface area contributed by atoms with Crippen molar-refractivity contribution in [2.24, 2.45) is 11.7 Å². The Labute approximate surface area is 86.5 Å². The summed E-state index contributed by atoms with van der Waals surface area (Å²) in [6.45, 7) is 1.78. The number of ether oxygens (including phenoxy) is 1. The second kappa shape index (κ2) is 4.94. The minimum atomic E-state index is 0.274. The Hall–Kier alpha value is -0.340. The van der Waals surface area contributed by atoms with Crippen molar-refractivity contribution in [3.8, 4) is 0 Å². The van der Waals surface area contributed by atoms with E-state index in [0.717, 1.165) is 19.6 Å². The van der Waals surface area contributed by atoms with Crippen LogP contribution in [0.1, 0.15) is 38.5 Å². The highest BCUT2D eigenvalue weighted by molar-refractivity contribution is 5.13. The minimum Gasteiger partial charge on any atom is -0.381 e. The molecule has 1 heterocycles. The highest BCUT2D eigenvalue weighted by Crippen LogP contribution is 2.26. The molecule has 0 bridgehead atoms. The molecular weight excluding hydrogens is 174 g/mol. The molecule has 2 atom stereocenters. The van der Waals surface area contributed by atoms with Gasteiger partial charge in [-0.2, -0.15) is 0 Å². The number of hydrogen-bond donors (Lipinski definition) is 1. The van der Waals surface area contributed by atoms with Crippen molar-refractivity contribution in [2.75, 3.05) is 13.2 Å². The lowest BCUT2D eigenvalue weighted by Crippen LogP contribution is -2.32. The molecule has 80 valence electrons. The summed E-state index contributed by atoms with van der Waals surface area (Å²) in [6, 6.07) is 0.274. The topological polar surface area (TPSA) is 35.2 Å². The van der Waals surface area contributed by atoms with Gasteiger partial charge in [-0.05, 0) is 32.1 Å². The van der Waals surface area contributed by atoms with Crippen LogP contribution in [0.25, 0.3) is 0 Å². The lowest BCUT2D eigenvalue weighted by atomic mass is 9.90. The smallest absolute Gasteiger partial charge is 0.0513 e. The molecule has 2 heteroatoms. The van der Waals surface area contributed by atoms with Crippen LogP contribution in [0.4, 0.5) is 0 Å². The average molecular weight is 195 g/mol. The summed E-state index contributed by atoms with van der Waals surface area (Å²) in [4.78, 5) is 0. The first-order chi connectivity index (χ1) is 6.88. The Morgan fingerprint density at radius 1 is 1.36 bits per heavy atom. The normalized spacial score (nSPS) is 30.9. The Balaban J connectivity index is 1.94. The van der Waals surface area contributed by atoms with Crippen molar-refractivity contribution in [1.82, 2.24) is 0 Å². The first kappa shape index (κ1) is 10.2. The predicted octanol–water partition coefficient (Wildman–Crippen LogP) is 2.24. The maximum absolute atomic E-state index is 6.27. The Morgan fingerprint density at radius 3 is 3.07 bits per heavy atom. The fraction of sp³-hybridized carbons (Fsp3) is 0.833. The molecule has 1 aliphatic heterocycles. The molecule has 0 saturated carbocycles. The van der Waals surface area contributed by atoms with Gasteiger partial charge in [0.05, 0.1) is 6.61 Å². The standard InChI is InChI=1S/C12H21NO/c13-12(11-7-8-14-9-11)10-5-3-1-2-4-6-10/h5,11-12H,1-4,6-9,13H2. The van der Waals surface area contributed by atoms with Gasteiger partial charge >= 0.3 is 0 Å². The van der Waals surface area contributed by atoms with Crippen molar-refractivity contribution >= 4 is 0 Å². The molecule has 2 aliphatic rings. The van der Waals surface area contributed by atoms with E-state index in [1.807, 2.05) is 0 Å². The Kier molecular flexibility index (Phi) is 3.60. The molecule has 0 aromatic carbocycles. The molecule has 0 amide bonds. The number of allylic oxidation sites excluding steroid dienone is 1. The zero-order valence-corrected chi connectivity index (χ0v) is 8.87. The van der Waals surface area contributed by atoms with Crippen LogP contribution in [0, 0.1) is 5.92 Å². The van der Waals surface area contributed by atoms with Crippen molar-refractivity contribution < 1.29 is 4.74 Å². The molecule has 2 unspecified atom stereocenters. The van der Waals surface area contributed by atoms with Gasteiger partial charge in [-0.25, -0.2) is 0 Å². The average Bonchev–Trinajstić information content (AvgIpc) is 2.59. The van der Waals surface area contributed by atoms with Gasteiger partial charge in [0.2, 0.25) is 0 Å². The summed E-state index contributed by atoms with van der Waals surface area (Å²) in [7, 11) is 0. The molecule has 1 fully saturated rings. The van der Waals surface area contributed by atoms with Crippen molar-refractivity contribution in [1.29, 1.82) is 0 Å². The summed E-state index contributed by atoms with van der Waals surface area (Å²) >= 11 is 0. The minimum absolute atomic E-state index is 0.274. The van der Waals surface area contributed by atoms with E-state index in [1.54, 1.807) is 0 Å². The van der Waals surface area contributed by atoms with Crippen LogP contribution >= 0.6 is 0 Å². The van der Waals surface area contributed by atoms with Crippen LogP contribution in [0.5, 0.6) is 0 Å². The third-order valence-corrected chi connectivity index (χ3v) is 3.48. The number of hydrogen-bond acceptors (Lipinski definition) is 2. The largest absolute Gasteiger partial charge is 0.381 e. The molecule has 14 heavy (non-hydrogen) atoms. The van der Waals surface area contributed by atoms with Gasteiger partial charge in [-0.3, -0.25) is 0 Å². The molecule has 0 aromatic heterocycles. The van der Waals surface area contributed by atoms with Gasteiger partial charge in [0, 0.05) is 18.6 Å². The molecular formula is C12H21NO. The second-order valence-electron chi connectivity index (χ2n) is 4.53. The maximum Gasteiger partial charge on any atom is 0.0513 e. The summed E-state index contributed by atoms with van der Waals surface area (Å²) in [5, 5.41) is 0. The lowest BCUT2D eigenvalue weighted by Gasteiger charge is -2.20. The van der Waals surface area contributed by atoms with Crippen LogP contribution < -0.4 is 5.73 Å². The Bertz CT molecular complexity index is 206. The monoisotopic (exact) mass is 195 g/mol. The zero-order valence-electron chi connectivity index (χ0n) is 8.87. The highest BCUT2D eigenvalue weighted by atomic mass is 16.5. The highest BCUT2D eigenvalue weighted by Gasteiger charge is 2.25. The van der Waals surface area contributed by atoms with Crippen LogP contribution in [0.15, 0.2) is 11.6 Å². The van der Waals surface area contributed by atoms with E-state index >= 15 is 0 Å². The van der Waals surface area contributed by atoms with E-state index in [0.29, 0.717) is 5.92 Å². The van der Waals surface area contributed by atoms with Crippen molar-refractivity contribution in [2.45, 2.75) is 44.6 Å². The molecule has 2 nitrogen and oxygen atoms in total. The number of rotatable bonds is 2. The Morgan fingerprint density at radius 2 is 2.29 bits per heavy atom. The summed E-state index contributed by atoms with van der Waals surface area (Å²) in [6.07, 6.45) is 10.0. The summed E-state index contributed by atoms with van der Waals surface area (Å²) in [5.74, 6) is 0.583. The third kappa shape index (κ3) is 2.37. The zero-order chi connectivity index (χ0) is 9.80. The van der Waals surface area contributed by atoms with Gasteiger partial charge in [0.1, 0.15) is 0 Å².